The van der Waals surface area contributed by atoms with Crippen LogP contribution in [0.4, 0.5) is 0 Å². The molecular formula is C8H15NOSSi. The summed E-state index contributed by atoms with van der Waals surface area (Å²) in [5, 5.41) is 2.09. The summed E-state index contributed by atoms with van der Waals surface area (Å²) in [4.78, 5) is 14.2. The fourth-order valence-electron chi connectivity index (χ4n) is 0.877. The van der Waals surface area contributed by atoms with Gasteiger partial charge in [0, 0.05) is 14.5 Å². The van der Waals surface area contributed by atoms with Crippen molar-refractivity contribution < 1.29 is 4.79 Å². The molecule has 0 spiro atoms. The number of isothiocyanates is 1. The Bertz CT molecular complexity index is 204. The first-order valence-electron chi connectivity index (χ1n) is 4.06. The Hall–Kier alpha value is -0.313. The third-order valence-corrected chi connectivity index (χ3v) is 3.43. The van der Waals surface area contributed by atoms with Crippen LogP contribution in [-0.4, -0.2) is 19.1 Å². The summed E-state index contributed by atoms with van der Waals surface area (Å²) < 4.78 is 0. The number of hydrogen-bond donors (Lipinski definition) is 0. The third-order valence-electron chi connectivity index (χ3n) is 1.49. The van der Waals surface area contributed by atoms with Gasteiger partial charge in [-0.2, -0.15) is 4.99 Å². The van der Waals surface area contributed by atoms with Crippen LogP contribution in [0.1, 0.15) is 12.8 Å². The molecule has 0 aromatic rings. The van der Waals surface area contributed by atoms with E-state index in [2.05, 4.69) is 42.0 Å². The zero-order valence-corrected chi connectivity index (χ0v) is 9.70. The molecule has 0 heterocycles. The fourth-order valence-corrected chi connectivity index (χ4v) is 2.22. The molecule has 0 rings (SSSR count). The van der Waals surface area contributed by atoms with Gasteiger partial charge in [0.1, 0.15) is 0 Å². The summed E-state index contributed by atoms with van der Waals surface area (Å²) in [6.07, 6.45) is 1.46. The average molecular weight is 201 g/mol. The zero-order chi connectivity index (χ0) is 9.61. The molecule has 0 N–H and O–H groups in total. The minimum Gasteiger partial charge on any atom is -0.272 e. The molecule has 0 aliphatic carbocycles. The van der Waals surface area contributed by atoms with E-state index in [0.717, 1.165) is 6.42 Å². The summed E-state index contributed by atoms with van der Waals surface area (Å²) in [6.45, 7) is 6.87. The smallest absolute Gasteiger partial charge is 0.254 e. The van der Waals surface area contributed by atoms with Crippen LogP contribution in [0.25, 0.3) is 0 Å². The lowest BCUT2D eigenvalue weighted by Gasteiger charge is -2.13. The highest BCUT2D eigenvalue weighted by molar-refractivity contribution is 7.78. The minimum atomic E-state index is -0.987. The molecule has 2 nitrogen and oxygen atoms in total. The molecule has 0 bridgehead atoms. The Morgan fingerprint density at radius 2 is 2.08 bits per heavy atom. The number of carbonyl (C=O) groups excluding carboxylic acids is 1. The van der Waals surface area contributed by atoms with E-state index in [4.69, 9.17) is 0 Å². The van der Waals surface area contributed by atoms with Crippen molar-refractivity contribution >= 4 is 31.4 Å². The van der Waals surface area contributed by atoms with E-state index in [1.807, 2.05) is 0 Å². The number of thiocarbonyl (C=S) groups is 1. The molecule has 0 aliphatic heterocycles. The van der Waals surface area contributed by atoms with Gasteiger partial charge >= 0.3 is 0 Å². The Labute approximate surface area is 80.1 Å². The predicted octanol–water partition coefficient (Wildman–Crippen LogP) is 2.73. The van der Waals surface area contributed by atoms with E-state index >= 15 is 0 Å². The molecule has 0 aromatic carbocycles. The van der Waals surface area contributed by atoms with Crippen molar-refractivity contribution in [3.8, 4) is 0 Å². The zero-order valence-electron chi connectivity index (χ0n) is 7.89. The summed E-state index contributed by atoms with van der Waals surface area (Å²) in [6, 6.07) is 1.17. The summed E-state index contributed by atoms with van der Waals surface area (Å²) in [5.41, 5.74) is 0. The second-order valence-electron chi connectivity index (χ2n) is 4.01. The van der Waals surface area contributed by atoms with Gasteiger partial charge in [0.25, 0.3) is 5.91 Å². The van der Waals surface area contributed by atoms with Gasteiger partial charge < -0.3 is 0 Å². The third kappa shape index (κ3) is 7.79. The minimum absolute atomic E-state index is 0.136. The lowest BCUT2D eigenvalue weighted by atomic mass is 10.3. The molecule has 0 saturated carbocycles. The van der Waals surface area contributed by atoms with Gasteiger partial charge in [0.05, 0.1) is 5.16 Å². The normalized spacial score (nSPS) is 10.6. The van der Waals surface area contributed by atoms with E-state index in [1.165, 1.54) is 6.04 Å². The van der Waals surface area contributed by atoms with E-state index < -0.39 is 8.07 Å². The van der Waals surface area contributed by atoms with Crippen molar-refractivity contribution in [2.45, 2.75) is 38.5 Å². The van der Waals surface area contributed by atoms with Crippen LogP contribution >= 0.6 is 12.2 Å². The van der Waals surface area contributed by atoms with Crippen molar-refractivity contribution in [1.29, 1.82) is 0 Å². The number of rotatable bonds is 4. The van der Waals surface area contributed by atoms with Gasteiger partial charge in [-0.05, 0) is 18.6 Å². The molecule has 68 valence electrons. The van der Waals surface area contributed by atoms with E-state index in [9.17, 15) is 4.79 Å². The second kappa shape index (κ2) is 5.35. The average Bonchev–Trinajstić information content (AvgIpc) is 1.84. The molecule has 0 saturated heterocycles. The number of carbonyl (C=O) groups is 1. The van der Waals surface area contributed by atoms with Gasteiger partial charge in [-0.15, -0.1) is 0 Å². The Kier molecular flexibility index (Phi) is 5.21. The highest BCUT2D eigenvalue weighted by Gasteiger charge is 2.12. The summed E-state index contributed by atoms with van der Waals surface area (Å²) in [7, 11) is -0.987. The molecule has 0 aliphatic rings. The van der Waals surface area contributed by atoms with Gasteiger partial charge in [-0.1, -0.05) is 25.7 Å². The maximum atomic E-state index is 10.8. The molecule has 0 unspecified atom stereocenters. The number of amides is 1. The maximum Gasteiger partial charge on any atom is 0.254 e. The Morgan fingerprint density at radius 3 is 2.50 bits per heavy atom. The molecule has 1 amide bonds. The molecule has 12 heavy (non-hydrogen) atoms. The highest BCUT2D eigenvalue weighted by atomic mass is 32.1. The predicted molar refractivity (Wildman–Crippen MR) is 57.4 cm³/mol. The quantitative estimate of drug-likeness (QED) is 0.397. The number of aliphatic imine (C=N–C) groups is 1. The topological polar surface area (TPSA) is 29.4 Å². The van der Waals surface area contributed by atoms with Crippen LogP contribution in [-0.2, 0) is 4.79 Å². The van der Waals surface area contributed by atoms with Crippen LogP contribution in [0.5, 0.6) is 0 Å². The number of hydrogen-bond acceptors (Lipinski definition) is 2. The van der Waals surface area contributed by atoms with Gasteiger partial charge in [-0.3, -0.25) is 4.79 Å². The number of nitrogens with zero attached hydrogens (tertiary/aromatic N) is 1. The maximum absolute atomic E-state index is 10.8. The fraction of sp³-hybridized carbons (Fsp3) is 0.750. The van der Waals surface area contributed by atoms with Gasteiger partial charge in [0.15, 0.2) is 0 Å². The van der Waals surface area contributed by atoms with Gasteiger partial charge in [-0.25, -0.2) is 0 Å². The first-order valence-corrected chi connectivity index (χ1v) is 8.18. The van der Waals surface area contributed by atoms with Crippen molar-refractivity contribution in [3.63, 3.8) is 0 Å². The van der Waals surface area contributed by atoms with Crippen LogP contribution in [0.2, 0.25) is 25.7 Å². The largest absolute Gasteiger partial charge is 0.272 e. The van der Waals surface area contributed by atoms with E-state index in [1.54, 1.807) is 0 Å². The summed E-state index contributed by atoms with van der Waals surface area (Å²) >= 11 is 4.32. The van der Waals surface area contributed by atoms with Crippen LogP contribution in [0.15, 0.2) is 4.99 Å². The van der Waals surface area contributed by atoms with Crippen molar-refractivity contribution in [3.05, 3.63) is 0 Å². The molecular weight excluding hydrogens is 186 g/mol. The molecule has 0 radical (unpaired) electrons. The van der Waals surface area contributed by atoms with Crippen LogP contribution in [0, 0.1) is 0 Å². The van der Waals surface area contributed by atoms with Crippen LogP contribution < -0.4 is 0 Å². The van der Waals surface area contributed by atoms with Gasteiger partial charge in [0.2, 0.25) is 0 Å². The van der Waals surface area contributed by atoms with Crippen molar-refractivity contribution in [2.75, 3.05) is 0 Å². The van der Waals surface area contributed by atoms with Crippen LogP contribution in [0.3, 0.4) is 0 Å². The lowest BCUT2D eigenvalue weighted by molar-refractivity contribution is -0.117. The molecule has 4 heteroatoms. The van der Waals surface area contributed by atoms with Crippen molar-refractivity contribution in [2.24, 2.45) is 4.99 Å². The SMILES string of the molecule is C[Si](C)(C)CCCC(=O)N=C=S. The van der Waals surface area contributed by atoms with E-state index in [0.29, 0.717) is 6.42 Å². The first-order chi connectivity index (χ1) is 5.45. The summed E-state index contributed by atoms with van der Waals surface area (Å²) in [5.74, 6) is -0.136. The monoisotopic (exact) mass is 201 g/mol. The second-order valence-corrected chi connectivity index (χ2v) is 9.81. The first kappa shape index (κ1) is 11.7. The lowest BCUT2D eigenvalue weighted by Crippen LogP contribution is -2.19. The molecule has 0 atom stereocenters. The van der Waals surface area contributed by atoms with E-state index in [-0.39, 0.29) is 5.91 Å². The Morgan fingerprint density at radius 1 is 1.50 bits per heavy atom. The standard InChI is InChI=1S/C8H15NOSSi/c1-12(2,3)6-4-5-8(10)9-7-11/h4-6H2,1-3H3. The Balaban J connectivity index is 3.57. The highest BCUT2D eigenvalue weighted by Crippen LogP contribution is 2.12. The van der Waals surface area contributed by atoms with Crippen molar-refractivity contribution in [1.82, 2.24) is 0 Å². The molecule has 0 fully saturated rings. The molecule has 0 aromatic heterocycles.